The van der Waals surface area contributed by atoms with E-state index < -0.39 is 0 Å². The van der Waals surface area contributed by atoms with Crippen molar-refractivity contribution in [3.63, 3.8) is 0 Å². The van der Waals surface area contributed by atoms with Crippen LogP contribution in [0.2, 0.25) is 0 Å². The van der Waals surface area contributed by atoms with E-state index in [9.17, 15) is 4.79 Å². The van der Waals surface area contributed by atoms with Gasteiger partial charge in [0.25, 0.3) is 0 Å². The van der Waals surface area contributed by atoms with Gasteiger partial charge in [-0.25, -0.2) is 0 Å². The molecule has 2 N–H and O–H groups in total. The van der Waals surface area contributed by atoms with Gasteiger partial charge in [-0.3, -0.25) is 4.79 Å². The normalized spacial score (nSPS) is 8.62. The number of hydrogen-bond acceptors (Lipinski definition) is 4. The minimum Gasteiger partial charge on any atom is -0.466 e. The summed E-state index contributed by atoms with van der Waals surface area (Å²) in [6.07, 6.45) is 1.92. The van der Waals surface area contributed by atoms with Gasteiger partial charge in [-0.05, 0) is 19.8 Å². The van der Waals surface area contributed by atoms with E-state index in [1.54, 1.807) is 0 Å². The highest BCUT2D eigenvalue weighted by Crippen LogP contribution is 1.89. The fourth-order valence-electron chi connectivity index (χ4n) is 0.508. The lowest BCUT2D eigenvalue weighted by Crippen LogP contribution is -2.01. The molecule has 0 radical (unpaired) electrons. The topological polar surface area (TPSA) is 66.8 Å². The maximum atomic E-state index is 10.4. The molecule has 4 nitrogen and oxygen atoms in total. The third kappa shape index (κ3) is 18.4. The van der Waals surface area contributed by atoms with E-state index in [-0.39, 0.29) is 19.2 Å². The van der Waals surface area contributed by atoms with Crippen LogP contribution in [0.5, 0.6) is 0 Å². The molecule has 0 aromatic rings. The average Bonchev–Trinajstić information content (AvgIpc) is 2.08. The van der Waals surface area contributed by atoms with Crippen LogP contribution < -0.4 is 0 Å². The van der Waals surface area contributed by atoms with Crippen LogP contribution in [0.25, 0.3) is 0 Å². The average molecular weight is 192 g/mol. The standard InChI is InChI=1S/C6H12O2.C3H8O2/c1-3-5-6(7)8-4-2;4-2-1-3-5/h3-5H2,1-2H3;4-5H,1-3H2. The predicted octanol–water partition coefficient (Wildman–Crippen LogP) is 0.711. The summed E-state index contributed by atoms with van der Waals surface area (Å²) in [6.45, 7) is 4.45. The second kappa shape index (κ2) is 13.9. The molecule has 0 spiro atoms. The third-order valence-corrected chi connectivity index (χ3v) is 1.08. The van der Waals surface area contributed by atoms with E-state index in [0.29, 0.717) is 19.4 Å². The molecule has 0 saturated carbocycles. The molecule has 0 aliphatic rings. The van der Waals surface area contributed by atoms with Gasteiger partial charge >= 0.3 is 5.97 Å². The molecule has 80 valence electrons. The van der Waals surface area contributed by atoms with Crippen molar-refractivity contribution >= 4 is 5.97 Å². The van der Waals surface area contributed by atoms with Crippen molar-refractivity contribution in [3.05, 3.63) is 0 Å². The number of esters is 1. The predicted molar refractivity (Wildman–Crippen MR) is 50.3 cm³/mol. The van der Waals surface area contributed by atoms with Crippen molar-refractivity contribution in [2.24, 2.45) is 0 Å². The molecule has 0 atom stereocenters. The first-order valence-electron chi connectivity index (χ1n) is 4.60. The summed E-state index contributed by atoms with van der Waals surface area (Å²) in [5, 5.41) is 15.8. The minimum atomic E-state index is -0.0880. The quantitative estimate of drug-likeness (QED) is 0.629. The van der Waals surface area contributed by atoms with E-state index in [1.165, 1.54) is 0 Å². The minimum absolute atomic E-state index is 0.0880. The van der Waals surface area contributed by atoms with E-state index in [0.717, 1.165) is 6.42 Å². The van der Waals surface area contributed by atoms with Crippen LogP contribution in [0.4, 0.5) is 0 Å². The Morgan fingerprint density at radius 3 is 2.00 bits per heavy atom. The fourth-order valence-corrected chi connectivity index (χ4v) is 0.508. The second-order valence-electron chi connectivity index (χ2n) is 2.36. The Labute approximate surface area is 79.5 Å². The SMILES string of the molecule is CCCC(=O)OCC.OCCCO. The Morgan fingerprint density at radius 2 is 1.77 bits per heavy atom. The Kier molecular flexibility index (Phi) is 16.0. The molecule has 4 heteroatoms. The number of hydrogen-bond donors (Lipinski definition) is 2. The lowest BCUT2D eigenvalue weighted by atomic mass is 10.3. The second-order valence-corrected chi connectivity index (χ2v) is 2.36. The van der Waals surface area contributed by atoms with Crippen LogP contribution in [0.15, 0.2) is 0 Å². The summed E-state index contributed by atoms with van der Waals surface area (Å²) in [7, 11) is 0. The van der Waals surface area contributed by atoms with Crippen molar-refractivity contribution < 1.29 is 19.7 Å². The molecule has 0 bridgehead atoms. The van der Waals surface area contributed by atoms with Crippen molar-refractivity contribution in [3.8, 4) is 0 Å². The van der Waals surface area contributed by atoms with Gasteiger partial charge in [0.05, 0.1) is 6.61 Å². The lowest BCUT2D eigenvalue weighted by Gasteiger charge is -1.96. The molecule has 13 heavy (non-hydrogen) atoms. The molecule has 0 aliphatic carbocycles. The Hall–Kier alpha value is -0.610. The maximum absolute atomic E-state index is 10.4. The maximum Gasteiger partial charge on any atom is 0.305 e. The molecule has 0 aromatic heterocycles. The van der Waals surface area contributed by atoms with Gasteiger partial charge in [-0.1, -0.05) is 6.92 Å². The highest BCUT2D eigenvalue weighted by molar-refractivity contribution is 5.69. The van der Waals surface area contributed by atoms with Gasteiger partial charge < -0.3 is 14.9 Å². The lowest BCUT2D eigenvalue weighted by molar-refractivity contribution is -0.143. The van der Waals surface area contributed by atoms with Gasteiger partial charge in [-0.2, -0.15) is 0 Å². The molecular formula is C9H20O4. The Morgan fingerprint density at radius 1 is 1.23 bits per heavy atom. The van der Waals surface area contributed by atoms with Crippen molar-refractivity contribution in [2.75, 3.05) is 19.8 Å². The number of aliphatic hydroxyl groups is 2. The summed E-state index contributed by atoms with van der Waals surface area (Å²) >= 11 is 0. The summed E-state index contributed by atoms with van der Waals surface area (Å²) < 4.78 is 4.64. The van der Waals surface area contributed by atoms with Crippen LogP contribution in [-0.4, -0.2) is 36.0 Å². The van der Waals surface area contributed by atoms with Crippen LogP contribution in [0.3, 0.4) is 0 Å². The summed E-state index contributed by atoms with van der Waals surface area (Å²) in [5.41, 5.74) is 0. The number of rotatable bonds is 5. The van der Waals surface area contributed by atoms with E-state index in [4.69, 9.17) is 10.2 Å². The third-order valence-electron chi connectivity index (χ3n) is 1.08. The molecule has 0 aromatic carbocycles. The first kappa shape index (κ1) is 14.9. The van der Waals surface area contributed by atoms with Gasteiger partial charge in [0, 0.05) is 19.6 Å². The highest BCUT2D eigenvalue weighted by Gasteiger charge is 1.95. The molecule has 0 rings (SSSR count). The molecule has 0 saturated heterocycles. The number of aliphatic hydroxyl groups excluding tert-OH is 2. The summed E-state index contributed by atoms with van der Waals surface area (Å²) in [5.74, 6) is -0.0880. The van der Waals surface area contributed by atoms with Crippen molar-refractivity contribution in [1.29, 1.82) is 0 Å². The summed E-state index contributed by atoms with van der Waals surface area (Å²) in [6, 6.07) is 0. The van der Waals surface area contributed by atoms with Gasteiger partial charge in [0.1, 0.15) is 0 Å². The highest BCUT2D eigenvalue weighted by atomic mass is 16.5. The molecular weight excluding hydrogens is 172 g/mol. The number of ether oxygens (including phenoxy) is 1. The van der Waals surface area contributed by atoms with Crippen LogP contribution in [0.1, 0.15) is 33.1 Å². The Balaban J connectivity index is 0. The van der Waals surface area contributed by atoms with Crippen LogP contribution in [0, 0.1) is 0 Å². The van der Waals surface area contributed by atoms with E-state index in [1.807, 2.05) is 13.8 Å². The molecule has 0 amide bonds. The molecule has 0 fully saturated rings. The largest absolute Gasteiger partial charge is 0.466 e. The fraction of sp³-hybridized carbons (Fsp3) is 0.889. The summed E-state index contributed by atoms with van der Waals surface area (Å²) in [4.78, 5) is 10.4. The molecule has 0 heterocycles. The van der Waals surface area contributed by atoms with Crippen LogP contribution >= 0.6 is 0 Å². The zero-order valence-electron chi connectivity index (χ0n) is 8.45. The smallest absolute Gasteiger partial charge is 0.305 e. The van der Waals surface area contributed by atoms with Gasteiger partial charge in [0.2, 0.25) is 0 Å². The first-order chi connectivity index (χ1) is 6.22. The molecule has 0 unspecified atom stereocenters. The number of carbonyl (C=O) groups excluding carboxylic acids is 1. The molecule has 0 aliphatic heterocycles. The van der Waals surface area contributed by atoms with Crippen molar-refractivity contribution in [1.82, 2.24) is 0 Å². The van der Waals surface area contributed by atoms with E-state index in [2.05, 4.69) is 4.74 Å². The number of carbonyl (C=O) groups is 1. The zero-order valence-corrected chi connectivity index (χ0v) is 8.45. The van der Waals surface area contributed by atoms with Crippen molar-refractivity contribution in [2.45, 2.75) is 33.1 Å². The monoisotopic (exact) mass is 192 g/mol. The zero-order chi connectivity index (χ0) is 10.5. The Bertz CT molecular complexity index is 93.8. The van der Waals surface area contributed by atoms with Gasteiger partial charge in [-0.15, -0.1) is 0 Å². The van der Waals surface area contributed by atoms with Crippen LogP contribution in [-0.2, 0) is 9.53 Å². The first-order valence-corrected chi connectivity index (χ1v) is 4.60. The van der Waals surface area contributed by atoms with E-state index >= 15 is 0 Å². The van der Waals surface area contributed by atoms with Gasteiger partial charge in [0.15, 0.2) is 0 Å².